The van der Waals surface area contributed by atoms with E-state index in [2.05, 4.69) is 27.2 Å². The average Bonchev–Trinajstić information content (AvgIpc) is 1.55. The Labute approximate surface area is 540 Å². The normalized spacial score (nSPS) is 20.5. The number of nitrogens with one attached hydrogen (secondary N) is 1. The molecule has 0 radical (unpaired) electrons. The molecule has 0 aliphatic carbocycles. The molecule has 2 saturated heterocycles. The van der Waals surface area contributed by atoms with Crippen molar-refractivity contribution in [2.45, 2.75) is 148 Å². The lowest BCUT2D eigenvalue weighted by molar-refractivity contribution is -0.309. The Bertz CT molecular complexity index is 3410. The highest BCUT2D eigenvalue weighted by Gasteiger charge is 2.53. The van der Waals surface area contributed by atoms with Crippen molar-refractivity contribution in [2.24, 2.45) is 0 Å². The van der Waals surface area contributed by atoms with Crippen molar-refractivity contribution in [2.75, 3.05) is 65.8 Å². The van der Waals surface area contributed by atoms with Crippen molar-refractivity contribution in [3.8, 4) is 17.2 Å². The standard InChI is InChI=1S/C66H83N6O20P/c1-12-16-47-19-25-53(26-20-47)84-38-57(77)70-63-59-64(68-39-67-63)71(40-69-59)58-35-54(55(90-58)37-85-66(48-17-14-13-15-18-48,49-21-27-51(79-10)28-22-49)50-23-29-52(80-11)30-24-50)92-93(78,72(41(2)3)42(4)5)86-34-32-81-31-33-82-65-62(89-46(9)76)61(88-45(8)75)60(87-44(7)74)56(91-65)36-83-43(6)73/h13-15,17-30,39-42,54-56,58,60-62,65H,12,16,31-38H2,1-11H3,(H,67,68,70,77)/t54-,55+,56+,58+,60+,61-,62+,65+,93?/m0/s1. The molecule has 502 valence electrons. The van der Waals surface area contributed by atoms with Crippen LogP contribution in [-0.2, 0) is 92.2 Å². The van der Waals surface area contributed by atoms with E-state index in [1.807, 2.05) is 131 Å². The number of carbonyl (C=O) groups excluding carboxylic acids is 5. The minimum Gasteiger partial charge on any atom is -0.497 e. The van der Waals surface area contributed by atoms with E-state index < -0.39 is 111 Å². The molecule has 2 aromatic heterocycles. The zero-order chi connectivity index (χ0) is 66.8. The van der Waals surface area contributed by atoms with Crippen LogP contribution in [-0.4, -0.2) is 169 Å². The number of anilines is 1. The minimum absolute atomic E-state index is 0.0595. The molecule has 0 bridgehead atoms. The molecular formula is C66H83N6O20P. The second-order valence-electron chi connectivity index (χ2n) is 22.5. The number of hydrogen-bond acceptors (Lipinski definition) is 23. The molecule has 26 nitrogen and oxygen atoms in total. The molecule has 9 atom stereocenters. The highest BCUT2D eigenvalue weighted by Crippen LogP contribution is 2.57. The van der Waals surface area contributed by atoms with Crippen LogP contribution >= 0.6 is 7.75 Å². The minimum atomic E-state index is -4.38. The predicted molar refractivity (Wildman–Crippen MR) is 336 cm³/mol. The summed E-state index contributed by atoms with van der Waals surface area (Å²) in [5, 5.41) is 2.82. The zero-order valence-corrected chi connectivity index (χ0v) is 55.1. The summed E-state index contributed by atoms with van der Waals surface area (Å²) in [6.45, 7) is 12.5. The Balaban J connectivity index is 1.07. The number of aryl methyl sites for hydroxylation is 1. The third kappa shape index (κ3) is 18.3. The van der Waals surface area contributed by atoms with Gasteiger partial charge in [-0.05, 0) is 92.8 Å². The molecule has 4 aromatic carbocycles. The monoisotopic (exact) mass is 1310 g/mol. The quantitative estimate of drug-likeness (QED) is 0.0132. The van der Waals surface area contributed by atoms with Gasteiger partial charge >= 0.3 is 31.6 Å². The van der Waals surface area contributed by atoms with Crippen LogP contribution in [0.5, 0.6) is 17.2 Å². The number of hydrogen-bond donors (Lipinski definition) is 1. The molecule has 1 amide bonds. The van der Waals surface area contributed by atoms with E-state index in [9.17, 15) is 24.0 Å². The van der Waals surface area contributed by atoms with E-state index in [4.69, 9.17) is 65.9 Å². The van der Waals surface area contributed by atoms with Crippen molar-refractivity contribution in [3.63, 3.8) is 0 Å². The van der Waals surface area contributed by atoms with Crippen molar-refractivity contribution in [1.29, 1.82) is 0 Å². The Kier molecular flexibility index (Phi) is 25.4. The topological polar surface area (TPSA) is 291 Å². The number of nitrogens with zero attached hydrogens (tertiary/aromatic N) is 5. The lowest BCUT2D eigenvalue weighted by Crippen LogP contribution is -2.63. The van der Waals surface area contributed by atoms with Gasteiger partial charge < -0.3 is 62.2 Å². The lowest BCUT2D eigenvalue weighted by atomic mass is 9.80. The second-order valence-corrected chi connectivity index (χ2v) is 24.4. The molecule has 1 N–H and O–H groups in total. The fourth-order valence-corrected chi connectivity index (χ4v) is 13.6. The van der Waals surface area contributed by atoms with Crippen molar-refractivity contribution >= 4 is 54.5 Å². The summed E-state index contributed by atoms with van der Waals surface area (Å²) in [4.78, 5) is 76.0. The smallest absolute Gasteiger partial charge is 0.409 e. The Morgan fingerprint density at radius 3 is 1.86 bits per heavy atom. The number of ether oxygens (including phenoxy) is 12. The summed E-state index contributed by atoms with van der Waals surface area (Å²) in [6, 6.07) is 31.7. The number of imidazole rings is 1. The van der Waals surface area contributed by atoms with Crippen LogP contribution in [0.2, 0.25) is 0 Å². The van der Waals surface area contributed by atoms with Gasteiger partial charge in [-0.25, -0.2) is 24.2 Å². The molecule has 27 heteroatoms. The van der Waals surface area contributed by atoms with Gasteiger partial charge in [-0.15, -0.1) is 0 Å². The van der Waals surface area contributed by atoms with Gasteiger partial charge in [-0.2, -0.15) is 0 Å². The highest BCUT2D eigenvalue weighted by atomic mass is 31.2. The number of aromatic nitrogens is 4. The molecule has 0 saturated carbocycles. The van der Waals surface area contributed by atoms with Gasteiger partial charge in [0.2, 0.25) is 0 Å². The summed E-state index contributed by atoms with van der Waals surface area (Å²) in [5.41, 5.74) is 2.70. The zero-order valence-electron chi connectivity index (χ0n) is 54.2. The number of esters is 4. The van der Waals surface area contributed by atoms with Crippen molar-refractivity contribution in [1.82, 2.24) is 24.2 Å². The summed E-state index contributed by atoms with van der Waals surface area (Å²) >= 11 is 0. The van der Waals surface area contributed by atoms with Gasteiger partial charge in [0.25, 0.3) is 5.91 Å². The Morgan fingerprint density at radius 1 is 0.677 bits per heavy atom. The summed E-state index contributed by atoms with van der Waals surface area (Å²) < 4.78 is 104. The first kappa shape index (κ1) is 70.9. The van der Waals surface area contributed by atoms with Crippen LogP contribution in [0.3, 0.4) is 0 Å². The van der Waals surface area contributed by atoms with Crippen LogP contribution < -0.4 is 19.5 Å². The van der Waals surface area contributed by atoms with E-state index in [1.54, 1.807) is 23.5 Å². The van der Waals surface area contributed by atoms with E-state index in [-0.39, 0.29) is 57.4 Å². The van der Waals surface area contributed by atoms with Gasteiger partial charge in [0.15, 0.2) is 48.2 Å². The summed E-state index contributed by atoms with van der Waals surface area (Å²) in [6.07, 6.45) is -4.99. The largest absolute Gasteiger partial charge is 0.497 e. The molecule has 2 aliphatic rings. The number of benzene rings is 4. The SMILES string of the molecule is CCCc1ccc(OCC(=O)Nc2ncnc3c2ncn3[C@H]2C[C@H](OP(=O)(OCCOCCO[C@@H]3O[C@H](COC(C)=O)[C@@H](OC(C)=O)[C@H](OC(C)=O)[C@H]3OC(C)=O)N(C(C)C)C(C)C)[C@@H](COC(c3ccccc3)(c3ccc(OC)cc3)c3ccc(OC)cc3)O2)cc1. The molecule has 2 aliphatic heterocycles. The number of fused-ring (bicyclic) bond motifs is 1. The van der Waals surface area contributed by atoms with Gasteiger partial charge in [-0.3, -0.25) is 37.6 Å². The van der Waals surface area contributed by atoms with Crippen LogP contribution in [0.4, 0.5) is 5.82 Å². The molecule has 93 heavy (non-hydrogen) atoms. The fourth-order valence-electron chi connectivity index (χ4n) is 11.3. The van der Waals surface area contributed by atoms with Gasteiger partial charge in [0, 0.05) is 46.2 Å². The number of rotatable bonds is 33. The van der Waals surface area contributed by atoms with E-state index in [0.717, 1.165) is 55.9 Å². The molecule has 6 aromatic rings. The number of methoxy groups -OCH3 is 2. The maximum atomic E-state index is 16.0. The maximum Gasteiger partial charge on any atom is 0.409 e. The van der Waals surface area contributed by atoms with E-state index in [1.165, 1.54) is 19.6 Å². The maximum absolute atomic E-state index is 16.0. The van der Waals surface area contributed by atoms with Crippen molar-refractivity contribution < 1.29 is 94.4 Å². The van der Waals surface area contributed by atoms with Gasteiger partial charge in [-0.1, -0.05) is 80.1 Å². The Hall–Kier alpha value is -7.91. The third-order valence-corrected chi connectivity index (χ3v) is 17.7. The van der Waals surface area contributed by atoms with E-state index >= 15 is 4.57 Å². The fraction of sp³-hybridized carbons (Fsp3) is 0.485. The highest BCUT2D eigenvalue weighted by molar-refractivity contribution is 7.51. The second kappa shape index (κ2) is 33.3. The third-order valence-electron chi connectivity index (χ3n) is 15.1. The molecule has 1 unspecified atom stereocenters. The van der Waals surface area contributed by atoms with Gasteiger partial charge in [0.05, 0.1) is 53.6 Å². The average molecular weight is 1310 g/mol. The van der Waals surface area contributed by atoms with Crippen LogP contribution in [0.1, 0.15) is 104 Å². The van der Waals surface area contributed by atoms with Crippen molar-refractivity contribution in [3.05, 3.63) is 138 Å². The predicted octanol–water partition coefficient (Wildman–Crippen LogP) is 8.85. The first-order valence-corrected chi connectivity index (χ1v) is 32.2. The summed E-state index contributed by atoms with van der Waals surface area (Å²) in [7, 11) is -1.20. The molecule has 0 spiro atoms. The first-order chi connectivity index (χ1) is 44.7. The summed E-state index contributed by atoms with van der Waals surface area (Å²) in [5.74, 6) is -1.58. The molecule has 2 fully saturated rings. The molecular weight excluding hydrogens is 1230 g/mol. The van der Waals surface area contributed by atoms with Crippen LogP contribution in [0.15, 0.2) is 116 Å². The Morgan fingerprint density at radius 2 is 1.27 bits per heavy atom. The lowest BCUT2D eigenvalue weighted by Gasteiger charge is -2.44. The van der Waals surface area contributed by atoms with Crippen LogP contribution in [0, 0.1) is 0 Å². The number of amides is 1. The number of carbonyl (C=O) groups is 5. The van der Waals surface area contributed by atoms with Gasteiger partial charge in [0.1, 0.15) is 60.3 Å². The molecule has 8 rings (SSSR count). The first-order valence-electron chi connectivity index (χ1n) is 30.7. The van der Waals surface area contributed by atoms with E-state index in [0.29, 0.717) is 22.9 Å². The molecule has 4 heterocycles. The van der Waals surface area contributed by atoms with Crippen LogP contribution in [0.25, 0.3) is 11.2 Å².